The van der Waals surface area contributed by atoms with Crippen molar-refractivity contribution < 1.29 is 14.1 Å². The van der Waals surface area contributed by atoms with E-state index in [1.54, 1.807) is 12.4 Å². The molecule has 0 aliphatic carbocycles. The molecule has 1 amide bonds. The van der Waals surface area contributed by atoms with Crippen LogP contribution in [0.5, 0.6) is 5.75 Å². The zero-order chi connectivity index (χ0) is 28.5. The molecule has 5 heterocycles. The van der Waals surface area contributed by atoms with E-state index < -0.39 is 0 Å². The summed E-state index contributed by atoms with van der Waals surface area (Å²) in [5.74, 6) is 2.31. The Morgan fingerprint density at radius 3 is 2.76 bits per heavy atom. The molecule has 212 valence electrons. The van der Waals surface area contributed by atoms with Crippen molar-refractivity contribution in [2.75, 3.05) is 48.3 Å². The number of hydrogen-bond acceptors (Lipinski definition) is 10. The first kappa shape index (κ1) is 26.0. The molecule has 0 saturated carbocycles. The summed E-state index contributed by atoms with van der Waals surface area (Å²) in [6.45, 7) is 2.46. The molecular formula is C30H27ClN8O3. The predicted octanol–water partition coefficient (Wildman–Crippen LogP) is 4.98. The van der Waals surface area contributed by atoms with Gasteiger partial charge in [-0.05, 0) is 60.4 Å². The topological polar surface area (TPSA) is 122 Å². The lowest BCUT2D eigenvalue weighted by Gasteiger charge is -2.34. The molecule has 7 rings (SSSR count). The van der Waals surface area contributed by atoms with E-state index in [9.17, 15) is 4.79 Å². The molecule has 2 aromatic carbocycles. The Labute approximate surface area is 246 Å². The van der Waals surface area contributed by atoms with Gasteiger partial charge in [-0.25, -0.2) is 4.98 Å². The summed E-state index contributed by atoms with van der Waals surface area (Å²) in [7, 11) is 0. The van der Waals surface area contributed by atoms with E-state index in [4.69, 9.17) is 20.9 Å². The number of nitrogens with one attached hydrogen (secondary N) is 2. The number of piperazine rings is 1. The van der Waals surface area contributed by atoms with Crippen LogP contribution in [0.1, 0.15) is 11.1 Å². The summed E-state index contributed by atoms with van der Waals surface area (Å²) in [5, 5.41) is 12.1. The molecule has 2 N–H and O–H groups in total. The first-order valence-electron chi connectivity index (χ1n) is 13.7. The lowest BCUT2D eigenvalue weighted by atomic mass is 10.0. The number of carbonyl (C=O) groups excluding carboxylic acids is 1. The molecule has 12 heteroatoms. The van der Waals surface area contributed by atoms with Crippen LogP contribution in [-0.4, -0.2) is 63.7 Å². The molecule has 2 aliphatic rings. The van der Waals surface area contributed by atoms with Gasteiger partial charge in [-0.15, -0.1) is 0 Å². The van der Waals surface area contributed by atoms with Crippen molar-refractivity contribution in [2.45, 2.75) is 12.8 Å². The SMILES string of the molecule is O=C(COc1ccc2cc1CCc1cncc(c1)Nc1ncc(Cl)c(n1)N2)N1CCN(c2noc3ccccc23)CC1. The van der Waals surface area contributed by atoms with Gasteiger partial charge in [0, 0.05) is 38.1 Å². The van der Waals surface area contributed by atoms with Gasteiger partial charge in [0.15, 0.2) is 23.8 Å². The second-order valence-electron chi connectivity index (χ2n) is 10.2. The smallest absolute Gasteiger partial charge is 0.260 e. The summed E-state index contributed by atoms with van der Waals surface area (Å²) in [4.78, 5) is 30.3. The highest BCUT2D eigenvalue weighted by Gasteiger charge is 2.25. The first-order valence-corrected chi connectivity index (χ1v) is 14.1. The molecule has 0 spiro atoms. The average molecular weight is 583 g/mol. The van der Waals surface area contributed by atoms with E-state index in [0.717, 1.165) is 45.7 Å². The maximum atomic E-state index is 13.1. The minimum Gasteiger partial charge on any atom is -0.483 e. The zero-order valence-corrected chi connectivity index (χ0v) is 23.3. The number of halogens is 1. The maximum Gasteiger partial charge on any atom is 0.260 e. The fourth-order valence-corrected chi connectivity index (χ4v) is 5.38. The second-order valence-corrected chi connectivity index (χ2v) is 10.6. The number of aromatic nitrogens is 4. The van der Waals surface area contributed by atoms with Crippen LogP contribution in [0.25, 0.3) is 11.0 Å². The van der Waals surface area contributed by atoms with Crippen molar-refractivity contribution in [3.8, 4) is 5.75 Å². The molecule has 3 aromatic heterocycles. The van der Waals surface area contributed by atoms with Crippen molar-refractivity contribution >= 4 is 57.4 Å². The van der Waals surface area contributed by atoms with E-state index in [1.165, 1.54) is 0 Å². The highest BCUT2D eigenvalue weighted by Crippen LogP contribution is 2.31. The Balaban J connectivity index is 1.05. The highest BCUT2D eigenvalue weighted by molar-refractivity contribution is 6.32. The molecule has 2 aliphatic heterocycles. The van der Waals surface area contributed by atoms with E-state index in [0.29, 0.717) is 55.1 Å². The number of ether oxygens (including phenoxy) is 1. The van der Waals surface area contributed by atoms with E-state index in [1.807, 2.05) is 59.6 Å². The predicted molar refractivity (Wildman–Crippen MR) is 160 cm³/mol. The molecular weight excluding hydrogens is 556 g/mol. The fraction of sp³-hybridized carbons (Fsp3) is 0.233. The van der Waals surface area contributed by atoms with Crippen LogP contribution < -0.4 is 20.3 Å². The molecule has 0 unspecified atom stereocenters. The van der Waals surface area contributed by atoms with Gasteiger partial charge in [0.1, 0.15) is 10.8 Å². The number of benzene rings is 2. The van der Waals surface area contributed by atoms with Crippen LogP contribution in [0.15, 0.2) is 71.6 Å². The Kier molecular flexibility index (Phi) is 6.92. The number of anilines is 5. The van der Waals surface area contributed by atoms with E-state index in [2.05, 4.69) is 35.6 Å². The third kappa shape index (κ3) is 5.38. The molecule has 0 radical (unpaired) electrons. The zero-order valence-electron chi connectivity index (χ0n) is 22.6. The average Bonchev–Trinajstić information content (AvgIpc) is 3.45. The van der Waals surface area contributed by atoms with Gasteiger partial charge >= 0.3 is 0 Å². The van der Waals surface area contributed by atoms with Crippen molar-refractivity contribution in [1.82, 2.24) is 25.0 Å². The summed E-state index contributed by atoms with van der Waals surface area (Å²) in [5.41, 5.74) is 4.35. The first-order chi connectivity index (χ1) is 20.6. The largest absolute Gasteiger partial charge is 0.483 e. The van der Waals surface area contributed by atoms with E-state index in [-0.39, 0.29) is 12.5 Å². The van der Waals surface area contributed by atoms with Crippen LogP contribution in [0.4, 0.5) is 29.0 Å². The number of nitrogens with zero attached hydrogens (tertiary/aromatic N) is 6. The Morgan fingerprint density at radius 1 is 0.976 bits per heavy atom. The summed E-state index contributed by atoms with van der Waals surface area (Å²) >= 11 is 6.38. The van der Waals surface area contributed by atoms with Gasteiger partial charge < -0.3 is 29.7 Å². The van der Waals surface area contributed by atoms with Crippen molar-refractivity contribution in [3.05, 3.63) is 83.3 Å². The number of amides is 1. The van der Waals surface area contributed by atoms with Crippen LogP contribution in [0.3, 0.4) is 0 Å². The van der Waals surface area contributed by atoms with Crippen LogP contribution in [0.2, 0.25) is 5.02 Å². The molecule has 1 fully saturated rings. The van der Waals surface area contributed by atoms with Gasteiger partial charge in [0.2, 0.25) is 5.95 Å². The molecule has 42 heavy (non-hydrogen) atoms. The molecule has 5 aromatic rings. The molecule has 6 bridgehead atoms. The lowest BCUT2D eigenvalue weighted by Crippen LogP contribution is -2.50. The third-order valence-corrected chi connectivity index (χ3v) is 7.72. The van der Waals surface area contributed by atoms with Crippen LogP contribution in [-0.2, 0) is 17.6 Å². The molecule has 0 atom stereocenters. The number of para-hydroxylation sites is 1. The monoisotopic (exact) mass is 582 g/mol. The van der Waals surface area contributed by atoms with Gasteiger partial charge in [-0.3, -0.25) is 9.78 Å². The second kappa shape index (κ2) is 11.2. The van der Waals surface area contributed by atoms with Crippen molar-refractivity contribution in [1.29, 1.82) is 0 Å². The number of fused-ring (bicyclic) bond motifs is 7. The van der Waals surface area contributed by atoms with Crippen LogP contribution in [0, 0.1) is 0 Å². The van der Waals surface area contributed by atoms with Crippen molar-refractivity contribution in [2.24, 2.45) is 0 Å². The number of hydrogen-bond donors (Lipinski definition) is 2. The summed E-state index contributed by atoms with van der Waals surface area (Å²) < 4.78 is 11.6. The number of rotatable bonds is 4. The van der Waals surface area contributed by atoms with E-state index >= 15 is 0 Å². The fourth-order valence-electron chi connectivity index (χ4n) is 5.24. The maximum absolute atomic E-state index is 13.1. The number of pyridine rings is 1. The lowest BCUT2D eigenvalue weighted by molar-refractivity contribution is -0.133. The quantitative estimate of drug-likeness (QED) is 0.300. The minimum atomic E-state index is -0.0537. The third-order valence-electron chi connectivity index (χ3n) is 7.44. The highest BCUT2D eigenvalue weighted by atomic mass is 35.5. The Morgan fingerprint density at radius 2 is 1.86 bits per heavy atom. The Hall–Kier alpha value is -4.90. The molecule has 11 nitrogen and oxygen atoms in total. The Bertz CT molecular complexity index is 1770. The van der Waals surface area contributed by atoms with Gasteiger partial charge in [-0.1, -0.05) is 28.9 Å². The van der Waals surface area contributed by atoms with Crippen LogP contribution >= 0.6 is 11.6 Å². The van der Waals surface area contributed by atoms with Gasteiger partial charge in [-0.2, -0.15) is 4.98 Å². The number of carbonyl (C=O) groups is 1. The van der Waals surface area contributed by atoms with Gasteiger partial charge in [0.25, 0.3) is 5.91 Å². The minimum absolute atomic E-state index is 0.0469. The summed E-state index contributed by atoms with van der Waals surface area (Å²) in [6.07, 6.45) is 6.53. The number of aryl methyl sites for hydroxylation is 2. The molecule has 1 saturated heterocycles. The van der Waals surface area contributed by atoms with Gasteiger partial charge in [0.05, 0.1) is 23.5 Å². The normalized spacial score (nSPS) is 14.7. The standard InChI is InChI=1S/C30H27ClN8O3/c31-24-17-33-30-35-22-13-19(15-32-16-22)5-6-20-14-21(34-28(24)36-30)7-8-25(20)41-18-27(40)38-9-11-39(12-10-38)29-23-3-1-2-4-26(23)42-37-29/h1-4,7-8,13-17H,5-6,9-12,18H2,(H2,33,34,35,36). The summed E-state index contributed by atoms with van der Waals surface area (Å²) in [6, 6.07) is 15.6. The van der Waals surface area contributed by atoms with Crippen molar-refractivity contribution in [3.63, 3.8) is 0 Å².